The number of aliphatic hydroxyl groups excluding tert-OH is 1. The number of aliphatic hydroxyl groups is 1. The first-order valence-corrected chi connectivity index (χ1v) is 7.96. The molecular formula is C19H17N3O3. The topological polar surface area (TPSA) is 83.3 Å². The van der Waals surface area contributed by atoms with Gasteiger partial charge in [0.15, 0.2) is 5.75 Å². The van der Waals surface area contributed by atoms with E-state index in [1.807, 2.05) is 42.7 Å². The van der Waals surface area contributed by atoms with Crippen LogP contribution in [0.1, 0.15) is 0 Å². The van der Waals surface area contributed by atoms with Gasteiger partial charge in [-0.25, -0.2) is 4.98 Å². The lowest BCUT2D eigenvalue weighted by Gasteiger charge is -2.11. The summed E-state index contributed by atoms with van der Waals surface area (Å²) in [6.45, 7) is 0.362. The maximum Gasteiger partial charge on any atom is 0.155 e. The normalized spacial score (nSPS) is 11.1. The molecule has 0 unspecified atom stereocenters. The van der Waals surface area contributed by atoms with E-state index in [0.717, 1.165) is 33.3 Å². The second kappa shape index (κ2) is 6.80. The van der Waals surface area contributed by atoms with Gasteiger partial charge in [-0.15, -0.1) is 0 Å². The molecule has 0 bridgehead atoms. The molecule has 0 spiro atoms. The molecule has 0 amide bonds. The molecule has 0 aliphatic rings. The molecule has 3 aromatic heterocycles. The largest absolute Gasteiger partial charge is 0.472 e. The first-order chi connectivity index (χ1) is 12.4. The Morgan fingerprint density at radius 1 is 1.16 bits per heavy atom. The molecule has 0 saturated heterocycles. The van der Waals surface area contributed by atoms with Gasteiger partial charge >= 0.3 is 0 Å². The fourth-order valence-electron chi connectivity index (χ4n) is 2.78. The summed E-state index contributed by atoms with van der Waals surface area (Å²) in [5, 5.41) is 9.89. The van der Waals surface area contributed by atoms with Crippen molar-refractivity contribution >= 4 is 11.0 Å². The number of rotatable bonds is 6. The Kier molecular flexibility index (Phi) is 4.20. The van der Waals surface area contributed by atoms with Crippen LogP contribution in [0.25, 0.3) is 33.3 Å². The third-order valence-electron chi connectivity index (χ3n) is 3.96. The number of hydroxylamine groups is 1. The summed E-state index contributed by atoms with van der Waals surface area (Å²) in [7, 11) is 0. The van der Waals surface area contributed by atoms with E-state index in [9.17, 15) is 0 Å². The van der Waals surface area contributed by atoms with Gasteiger partial charge in [0.2, 0.25) is 0 Å². The number of fused-ring (bicyclic) bond motifs is 1. The Morgan fingerprint density at radius 3 is 2.92 bits per heavy atom. The number of hydrogen-bond acceptors (Lipinski definition) is 5. The predicted octanol–water partition coefficient (Wildman–Crippen LogP) is 3.37. The van der Waals surface area contributed by atoms with Crippen molar-refractivity contribution in [3.8, 4) is 28.0 Å². The van der Waals surface area contributed by atoms with E-state index in [2.05, 4.69) is 21.5 Å². The van der Waals surface area contributed by atoms with Crippen LogP contribution in [-0.2, 0) is 0 Å². The molecular weight excluding hydrogens is 318 g/mol. The number of aromatic amines is 1. The van der Waals surface area contributed by atoms with Crippen LogP contribution in [0.4, 0.5) is 0 Å². The molecule has 6 heteroatoms. The van der Waals surface area contributed by atoms with Crippen LogP contribution in [0.3, 0.4) is 0 Å². The quantitative estimate of drug-likeness (QED) is 0.372. The monoisotopic (exact) mass is 335 g/mol. The lowest BCUT2D eigenvalue weighted by molar-refractivity contribution is 0.164. The molecule has 0 saturated carbocycles. The van der Waals surface area contributed by atoms with E-state index in [4.69, 9.17) is 14.4 Å². The SMILES string of the molecule is OCCNOc1ccccc1-c1cnc2[nH]cc(-c3ccoc3)c2c1. The summed E-state index contributed by atoms with van der Waals surface area (Å²) in [6.07, 6.45) is 7.11. The summed E-state index contributed by atoms with van der Waals surface area (Å²) >= 11 is 0. The molecule has 126 valence electrons. The van der Waals surface area contributed by atoms with Gasteiger partial charge in [-0.3, -0.25) is 0 Å². The Morgan fingerprint density at radius 2 is 2.08 bits per heavy atom. The molecule has 3 heterocycles. The van der Waals surface area contributed by atoms with Crippen molar-refractivity contribution in [2.75, 3.05) is 13.2 Å². The lowest BCUT2D eigenvalue weighted by Crippen LogP contribution is -2.22. The highest BCUT2D eigenvalue weighted by Crippen LogP contribution is 2.34. The van der Waals surface area contributed by atoms with Crippen LogP contribution in [0.5, 0.6) is 5.75 Å². The van der Waals surface area contributed by atoms with E-state index in [0.29, 0.717) is 12.3 Å². The number of benzene rings is 1. The Labute approximate surface area is 144 Å². The van der Waals surface area contributed by atoms with Crippen molar-refractivity contribution in [3.05, 3.63) is 61.3 Å². The fourth-order valence-corrected chi connectivity index (χ4v) is 2.78. The molecule has 1 aromatic carbocycles. The van der Waals surface area contributed by atoms with Gasteiger partial charge in [0, 0.05) is 40.0 Å². The minimum atomic E-state index is 0.00704. The van der Waals surface area contributed by atoms with Crippen LogP contribution in [0.2, 0.25) is 0 Å². The smallest absolute Gasteiger partial charge is 0.155 e. The highest BCUT2D eigenvalue weighted by molar-refractivity contribution is 5.95. The second-order valence-corrected chi connectivity index (χ2v) is 5.55. The minimum Gasteiger partial charge on any atom is -0.472 e. The van der Waals surface area contributed by atoms with E-state index in [-0.39, 0.29) is 6.61 Å². The van der Waals surface area contributed by atoms with E-state index in [1.165, 1.54) is 0 Å². The maximum absolute atomic E-state index is 8.88. The van der Waals surface area contributed by atoms with E-state index >= 15 is 0 Å². The van der Waals surface area contributed by atoms with E-state index in [1.54, 1.807) is 12.5 Å². The van der Waals surface area contributed by atoms with Crippen LogP contribution in [-0.4, -0.2) is 28.2 Å². The van der Waals surface area contributed by atoms with Crippen LogP contribution in [0.15, 0.2) is 65.7 Å². The number of H-pyrrole nitrogens is 1. The zero-order valence-electron chi connectivity index (χ0n) is 13.4. The van der Waals surface area contributed by atoms with Gasteiger partial charge in [0.1, 0.15) is 5.65 Å². The molecule has 25 heavy (non-hydrogen) atoms. The molecule has 3 N–H and O–H groups in total. The standard InChI is InChI=1S/C19H17N3O3/c23-7-6-22-25-18-4-2-1-3-15(18)14-9-16-17(13-5-8-24-12-13)11-21-19(16)20-10-14/h1-5,8-12,22-23H,6-7H2,(H,20,21). The first-order valence-electron chi connectivity index (χ1n) is 7.96. The number of hydrogen-bond donors (Lipinski definition) is 3. The molecule has 0 radical (unpaired) electrons. The molecule has 4 aromatic rings. The number of nitrogens with zero attached hydrogens (tertiary/aromatic N) is 1. The van der Waals surface area contributed by atoms with Crippen LogP contribution >= 0.6 is 0 Å². The second-order valence-electron chi connectivity index (χ2n) is 5.55. The van der Waals surface area contributed by atoms with Gasteiger partial charge in [-0.1, -0.05) is 18.2 Å². The maximum atomic E-state index is 8.88. The third kappa shape index (κ3) is 3.00. The number of aromatic nitrogens is 2. The molecule has 6 nitrogen and oxygen atoms in total. The van der Waals surface area contributed by atoms with Gasteiger partial charge in [0.25, 0.3) is 0 Å². The Hall–Kier alpha value is -3.09. The van der Waals surface area contributed by atoms with Crippen LogP contribution < -0.4 is 10.3 Å². The van der Waals surface area contributed by atoms with Crippen LogP contribution in [0, 0.1) is 0 Å². The summed E-state index contributed by atoms with van der Waals surface area (Å²) in [5.41, 5.74) is 7.45. The molecule has 4 rings (SSSR count). The van der Waals surface area contributed by atoms with Crippen molar-refractivity contribution in [2.24, 2.45) is 0 Å². The van der Waals surface area contributed by atoms with Crippen molar-refractivity contribution in [1.82, 2.24) is 15.4 Å². The van der Waals surface area contributed by atoms with E-state index < -0.39 is 0 Å². The molecule has 0 atom stereocenters. The Balaban J connectivity index is 1.76. The van der Waals surface area contributed by atoms with Crippen molar-refractivity contribution in [2.45, 2.75) is 0 Å². The van der Waals surface area contributed by atoms with Crippen molar-refractivity contribution < 1.29 is 14.4 Å². The summed E-state index contributed by atoms with van der Waals surface area (Å²) in [5.74, 6) is 0.678. The number of para-hydroxylation sites is 1. The summed E-state index contributed by atoms with van der Waals surface area (Å²) in [6, 6.07) is 11.7. The third-order valence-corrected chi connectivity index (χ3v) is 3.96. The number of pyridine rings is 1. The average Bonchev–Trinajstić information content (AvgIpc) is 3.31. The summed E-state index contributed by atoms with van der Waals surface area (Å²) in [4.78, 5) is 13.3. The average molecular weight is 335 g/mol. The molecule has 0 fully saturated rings. The number of furan rings is 1. The highest BCUT2D eigenvalue weighted by Gasteiger charge is 2.12. The van der Waals surface area contributed by atoms with Gasteiger partial charge in [0.05, 0.1) is 25.7 Å². The number of nitrogens with one attached hydrogen (secondary N) is 2. The predicted molar refractivity (Wildman–Crippen MR) is 94.9 cm³/mol. The molecule has 0 aliphatic heterocycles. The minimum absolute atomic E-state index is 0.00704. The fraction of sp³-hybridized carbons (Fsp3) is 0.105. The highest BCUT2D eigenvalue weighted by atomic mass is 16.6. The molecule has 0 aliphatic carbocycles. The van der Waals surface area contributed by atoms with Gasteiger partial charge < -0.3 is 19.3 Å². The zero-order chi connectivity index (χ0) is 17.1. The summed E-state index contributed by atoms with van der Waals surface area (Å²) < 4.78 is 5.19. The van der Waals surface area contributed by atoms with Crippen molar-refractivity contribution in [1.29, 1.82) is 0 Å². The lowest BCUT2D eigenvalue weighted by atomic mass is 10.0. The van der Waals surface area contributed by atoms with Gasteiger partial charge in [-0.05, 0) is 18.2 Å². The Bertz CT molecular complexity index is 977. The first kappa shape index (κ1) is 15.4. The van der Waals surface area contributed by atoms with Gasteiger partial charge in [-0.2, -0.15) is 5.48 Å². The zero-order valence-corrected chi connectivity index (χ0v) is 13.4. The van der Waals surface area contributed by atoms with Crippen molar-refractivity contribution in [3.63, 3.8) is 0 Å².